The number of benzene rings is 1. The second-order valence-corrected chi connectivity index (χ2v) is 5.31. The van der Waals surface area contributed by atoms with Gasteiger partial charge in [-0.25, -0.2) is 0 Å². The van der Waals surface area contributed by atoms with Crippen molar-refractivity contribution in [1.29, 1.82) is 0 Å². The standard InChI is InChI=1S/C17H25NO4/c1-2-3-4-10-21-15-6-5-7-16(13-15)22-14-17(19)18-8-11-20-12-9-18/h5-7,13H,2-4,8-12,14H2,1H3. The van der Waals surface area contributed by atoms with Crippen molar-refractivity contribution in [3.8, 4) is 11.5 Å². The van der Waals surface area contributed by atoms with Crippen LogP contribution in [-0.4, -0.2) is 50.3 Å². The van der Waals surface area contributed by atoms with Gasteiger partial charge in [0.15, 0.2) is 6.61 Å². The molecule has 1 fully saturated rings. The van der Waals surface area contributed by atoms with Crippen LogP contribution >= 0.6 is 0 Å². The quantitative estimate of drug-likeness (QED) is 0.692. The maximum absolute atomic E-state index is 12.0. The van der Waals surface area contributed by atoms with Gasteiger partial charge in [0.2, 0.25) is 0 Å². The van der Waals surface area contributed by atoms with E-state index in [0.717, 1.165) is 12.2 Å². The van der Waals surface area contributed by atoms with Crippen LogP contribution in [0.5, 0.6) is 11.5 Å². The van der Waals surface area contributed by atoms with E-state index in [0.29, 0.717) is 38.7 Å². The highest BCUT2D eigenvalue weighted by Gasteiger charge is 2.17. The van der Waals surface area contributed by atoms with Crippen LogP contribution in [-0.2, 0) is 9.53 Å². The molecule has 1 aromatic carbocycles. The lowest BCUT2D eigenvalue weighted by Gasteiger charge is -2.26. The van der Waals surface area contributed by atoms with Gasteiger partial charge in [0.25, 0.3) is 5.91 Å². The lowest BCUT2D eigenvalue weighted by Crippen LogP contribution is -2.42. The average Bonchev–Trinajstić information content (AvgIpc) is 2.58. The molecule has 0 aliphatic carbocycles. The van der Waals surface area contributed by atoms with E-state index < -0.39 is 0 Å². The zero-order valence-corrected chi connectivity index (χ0v) is 13.3. The Kier molecular flexibility index (Phi) is 7.03. The number of morpholine rings is 1. The third-order valence-electron chi connectivity index (χ3n) is 3.55. The van der Waals surface area contributed by atoms with E-state index in [2.05, 4.69) is 6.92 Å². The number of carbonyl (C=O) groups is 1. The van der Waals surface area contributed by atoms with Gasteiger partial charge < -0.3 is 19.1 Å². The van der Waals surface area contributed by atoms with Crippen LogP contribution in [0.4, 0.5) is 0 Å². The minimum Gasteiger partial charge on any atom is -0.493 e. The van der Waals surface area contributed by atoms with Crippen LogP contribution in [0, 0.1) is 0 Å². The summed E-state index contributed by atoms with van der Waals surface area (Å²) in [6, 6.07) is 7.45. The Balaban J connectivity index is 1.76. The first-order valence-corrected chi connectivity index (χ1v) is 8.01. The number of amides is 1. The van der Waals surface area contributed by atoms with Gasteiger partial charge in [0.1, 0.15) is 11.5 Å². The summed E-state index contributed by atoms with van der Waals surface area (Å²) in [5, 5.41) is 0. The SMILES string of the molecule is CCCCCOc1cccc(OCC(=O)N2CCOCC2)c1. The highest BCUT2D eigenvalue weighted by Crippen LogP contribution is 2.19. The highest BCUT2D eigenvalue weighted by molar-refractivity contribution is 5.77. The molecule has 0 atom stereocenters. The van der Waals surface area contributed by atoms with Crippen molar-refractivity contribution in [2.75, 3.05) is 39.5 Å². The lowest BCUT2D eigenvalue weighted by atomic mass is 10.3. The molecule has 5 heteroatoms. The van der Waals surface area contributed by atoms with Crippen molar-refractivity contribution < 1.29 is 19.0 Å². The Bertz CT molecular complexity index is 458. The lowest BCUT2D eigenvalue weighted by molar-refractivity contribution is -0.137. The van der Waals surface area contributed by atoms with Crippen LogP contribution in [0.1, 0.15) is 26.2 Å². The maximum atomic E-state index is 12.0. The summed E-state index contributed by atoms with van der Waals surface area (Å²) in [5.41, 5.74) is 0. The number of ether oxygens (including phenoxy) is 3. The first-order valence-electron chi connectivity index (χ1n) is 8.01. The van der Waals surface area contributed by atoms with E-state index in [4.69, 9.17) is 14.2 Å². The summed E-state index contributed by atoms with van der Waals surface area (Å²) < 4.78 is 16.5. The molecule has 1 aliphatic rings. The molecule has 0 saturated carbocycles. The molecule has 1 saturated heterocycles. The third kappa shape index (κ3) is 5.56. The van der Waals surface area contributed by atoms with E-state index in [-0.39, 0.29) is 12.5 Å². The molecule has 22 heavy (non-hydrogen) atoms. The van der Waals surface area contributed by atoms with Gasteiger partial charge in [-0.05, 0) is 18.6 Å². The van der Waals surface area contributed by atoms with E-state index >= 15 is 0 Å². The Morgan fingerprint density at radius 3 is 2.64 bits per heavy atom. The fraction of sp³-hybridized carbons (Fsp3) is 0.588. The zero-order valence-electron chi connectivity index (χ0n) is 13.3. The minimum absolute atomic E-state index is 0.00225. The fourth-order valence-corrected chi connectivity index (χ4v) is 2.24. The largest absolute Gasteiger partial charge is 0.493 e. The molecule has 0 radical (unpaired) electrons. The minimum atomic E-state index is -0.00225. The van der Waals surface area contributed by atoms with Crippen molar-refractivity contribution in [2.24, 2.45) is 0 Å². The number of hydrogen-bond acceptors (Lipinski definition) is 4. The van der Waals surface area contributed by atoms with Crippen molar-refractivity contribution in [2.45, 2.75) is 26.2 Å². The zero-order chi connectivity index (χ0) is 15.6. The molecule has 0 bridgehead atoms. The van der Waals surface area contributed by atoms with Crippen molar-refractivity contribution in [3.63, 3.8) is 0 Å². The number of carbonyl (C=O) groups excluding carboxylic acids is 1. The molecular weight excluding hydrogens is 282 g/mol. The smallest absolute Gasteiger partial charge is 0.260 e. The van der Waals surface area contributed by atoms with E-state index in [1.807, 2.05) is 24.3 Å². The van der Waals surface area contributed by atoms with Gasteiger partial charge in [-0.1, -0.05) is 25.8 Å². The number of hydrogen-bond donors (Lipinski definition) is 0. The summed E-state index contributed by atoms with van der Waals surface area (Å²) in [6.45, 7) is 5.43. The third-order valence-corrected chi connectivity index (χ3v) is 3.55. The van der Waals surface area contributed by atoms with Crippen LogP contribution in [0.2, 0.25) is 0 Å². The molecule has 0 unspecified atom stereocenters. The van der Waals surface area contributed by atoms with Gasteiger partial charge in [-0.3, -0.25) is 4.79 Å². The molecule has 1 amide bonds. The maximum Gasteiger partial charge on any atom is 0.260 e. The molecule has 0 aromatic heterocycles. The van der Waals surface area contributed by atoms with Crippen LogP contribution in [0.3, 0.4) is 0 Å². The van der Waals surface area contributed by atoms with Gasteiger partial charge in [-0.2, -0.15) is 0 Å². The summed E-state index contributed by atoms with van der Waals surface area (Å²) >= 11 is 0. The van der Waals surface area contributed by atoms with Gasteiger partial charge in [-0.15, -0.1) is 0 Å². The molecule has 2 rings (SSSR count). The number of nitrogens with zero attached hydrogens (tertiary/aromatic N) is 1. The topological polar surface area (TPSA) is 48.0 Å². The Hall–Kier alpha value is -1.75. The van der Waals surface area contributed by atoms with E-state index in [9.17, 15) is 4.79 Å². The second kappa shape index (κ2) is 9.30. The first-order chi connectivity index (χ1) is 10.8. The number of rotatable bonds is 8. The summed E-state index contributed by atoms with van der Waals surface area (Å²) in [7, 11) is 0. The highest BCUT2D eigenvalue weighted by atomic mass is 16.5. The normalized spacial score (nSPS) is 14.7. The molecule has 1 aliphatic heterocycles. The van der Waals surface area contributed by atoms with Crippen molar-refractivity contribution in [3.05, 3.63) is 24.3 Å². The molecule has 0 N–H and O–H groups in total. The van der Waals surface area contributed by atoms with Gasteiger partial charge >= 0.3 is 0 Å². The summed E-state index contributed by atoms with van der Waals surface area (Å²) in [6.07, 6.45) is 3.40. The molecule has 0 spiro atoms. The molecule has 1 heterocycles. The van der Waals surface area contributed by atoms with Crippen LogP contribution in [0.25, 0.3) is 0 Å². The molecule has 1 aromatic rings. The van der Waals surface area contributed by atoms with Crippen LogP contribution in [0.15, 0.2) is 24.3 Å². The second-order valence-electron chi connectivity index (χ2n) is 5.31. The van der Waals surface area contributed by atoms with Crippen LogP contribution < -0.4 is 9.47 Å². The predicted molar refractivity (Wildman–Crippen MR) is 84.4 cm³/mol. The Morgan fingerprint density at radius 1 is 1.18 bits per heavy atom. The van der Waals surface area contributed by atoms with Crippen molar-refractivity contribution >= 4 is 5.91 Å². The molecule has 122 valence electrons. The van der Waals surface area contributed by atoms with Crippen molar-refractivity contribution in [1.82, 2.24) is 4.90 Å². The first kappa shape index (κ1) is 16.6. The van der Waals surface area contributed by atoms with E-state index in [1.165, 1.54) is 12.8 Å². The molecular formula is C17H25NO4. The van der Waals surface area contributed by atoms with E-state index in [1.54, 1.807) is 4.90 Å². The van der Waals surface area contributed by atoms with Gasteiger partial charge in [0.05, 0.1) is 19.8 Å². The average molecular weight is 307 g/mol. The monoisotopic (exact) mass is 307 g/mol. The number of unbranched alkanes of at least 4 members (excludes halogenated alkanes) is 2. The Labute approximate surface area is 132 Å². The Morgan fingerprint density at radius 2 is 1.91 bits per heavy atom. The fourth-order valence-electron chi connectivity index (χ4n) is 2.24. The van der Waals surface area contributed by atoms with Gasteiger partial charge in [0, 0.05) is 19.2 Å². The molecule has 5 nitrogen and oxygen atoms in total. The summed E-state index contributed by atoms with van der Waals surface area (Å²) in [4.78, 5) is 13.8. The predicted octanol–water partition coefficient (Wildman–Crippen LogP) is 2.49. The summed E-state index contributed by atoms with van der Waals surface area (Å²) in [5.74, 6) is 1.44.